The molecule has 19 heavy (non-hydrogen) atoms. The summed E-state index contributed by atoms with van der Waals surface area (Å²) < 4.78 is 18.5. The first kappa shape index (κ1) is 13.1. The zero-order valence-corrected chi connectivity index (χ0v) is 10.7. The second-order valence-corrected chi connectivity index (χ2v) is 4.25. The van der Waals surface area contributed by atoms with Crippen molar-refractivity contribution in [2.24, 2.45) is 0 Å². The summed E-state index contributed by atoms with van der Waals surface area (Å²) in [6.07, 6.45) is -0.600. The van der Waals surface area contributed by atoms with Crippen molar-refractivity contribution < 1.29 is 13.9 Å². The van der Waals surface area contributed by atoms with Crippen LogP contribution in [0.5, 0.6) is 5.75 Å². The van der Waals surface area contributed by atoms with Crippen LogP contribution in [-0.4, -0.2) is 6.09 Å². The number of anilines is 1. The topological polar surface area (TPSA) is 38.3 Å². The number of amides is 1. The normalized spacial score (nSPS) is 10.1. The van der Waals surface area contributed by atoms with Crippen LogP contribution in [0.25, 0.3) is 0 Å². The fourth-order valence-corrected chi connectivity index (χ4v) is 1.76. The smallest absolute Gasteiger partial charge is 0.410 e. The van der Waals surface area contributed by atoms with Crippen molar-refractivity contribution >= 4 is 11.8 Å². The lowest BCUT2D eigenvalue weighted by Crippen LogP contribution is -2.17. The molecular weight excluding hydrogens is 245 g/mol. The van der Waals surface area contributed by atoms with Gasteiger partial charge in [0.15, 0.2) is 0 Å². The van der Waals surface area contributed by atoms with Crippen molar-refractivity contribution in [3.8, 4) is 5.75 Å². The van der Waals surface area contributed by atoms with Crippen molar-refractivity contribution in [2.45, 2.75) is 13.8 Å². The van der Waals surface area contributed by atoms with E-state index < -0.39 is 6.09 Å². The number of para-hydroxylation sites is 1. The van der Waals surface area contributed by atoms with Gasteiger partial charge in [0.25, 0.3) is 0 Å². The zero-order chi connectivity index (χ0) is 13.8. The second-order valence-electron chi connectivity index (χ2n) is 4.25. The van der Waals surface area contributed by atoms with Gasteiger partial charge in [0.05, 0.1) is 0 Å². The lowest BCUT2D eigenvalue weighted by Gasteiger charge is -2.09. The number of rotatable bonds is 2. The largest absolute Gasteiger partial charge is 0.417 e. The molecule has 0 saturated carbocycles. The van der Waals surface area contributed by atoms with E-state index >= 15 is 0 Å². The molecule has 0 aromatic heterocycles. The Bertz CT molecular complexity index is 573. The number of benzene rings is 2. The molecule has 0 spiro atoms. The molecule has 98 valence electrons. The average Bonchev–Trinajstić information content (AvgIpc) is 2.37. The molecule has 0 fully saturated rings. The Labute approximate surface area is 111 Å². The minimum atomic E-state index is -0.600. The highest BCUT2D eigenvalue weighted by atomic mass is 19.1. The molecule has 1 N–H and O–H groups in total. The standard InChI is InChI=1S/C15H14FNO2/c1-10-8-12(9-11(2)14(10)16)17-15(18)19-13-6-4-3-5-7-13/h3-9H,1-2H3,(H,17,18). The number of hydrogen-bond donors (Lipinski definition) is 1. The van der Waals surface area contributed by atoms with E-state index in [1.165, 1.54) is 0 Å². The summed E-state index contributed by atoms with van der Waals surface area (Å²) in [5.74, 6) is 0.192. The molecular formula is C15H14FNO2. The van der Waals surface area contributed by atoms with E-state index in [9.17, 15) is 9.18 Å². The van der Waals surface area contributed by atoms with Gasteiger partial charge in [0.1, 0.15) is 11.6 Å². The van der Waals surface area contributed by atoms with Gasteiger partial charge >= 0.3 is 6.09 Å². The van der Waals surface area contributed by atoms with Crippen LogP contribution in [-0.2, 0) is 0 Å². The summed E-state index contributed by atoms with van der Waals surface area (Å²) >= 11 is 0. The van der Waals surface area contributed by atoms with Crippen molar-refractivity contribution in [1.82, 2.24) is 0 Å². The molecule has 3 nitrogen and oxygen atoms in total. The first-order valence-corrected chi connectivity index (χ1v) is 5.87. The van der Waals surface area contributed by atoms with E-state index in [2.05, 4.69) is 5.32 Å². The fraction of sp³-hybridized carbons (Fsp3) is 0.133. The van der Waals surface area contributed by atoms with E-state index in [0.717, 1.165) is 0 Å². The van der Waals surface area contributed by atoms with Crippen LogP contribution in [0.1, 0.15) is 11.1 Å². The highest BCUT2D eigenvalue weighted by Crippen LogP contribution is 2.19. The minimum Gasteiger partial charge on any atom is -0.410 e. The molecule has 2 rings (SSSR count). The third kappa shape index (κ3) is 3.31. The average molecular weight is 259 g/mol. The summed E-state index contributed by atoms with van der Waals surface area (Å²) in [5, 5.41) is 2.57. The van der Waals surface area contributed by atoms with E-state index in [-0.39, 0.29) is 5.82 Å². The van der Waals surface area contributed by atoms with Gasteiger partial charge in [-0.25, -0.2) is 9.18 Å². The van der Waals surface area contributed by atoms with Crippen LogP contribution < -0.4 is 10.1 Å². The third-order valence-corrected chi connectivity index (χ3v) is 2.64. The molecule has 0 bridgehead atoms. The van der Waals surface area contributed by atoms with E-state index in [1.807, 2.05) is 6.07 Å². The van der Waals surface area contributed by atoms with E-state index in [0.29, 0.717) is 22.6 Å². The Morgan fingerprint density at radius 2 is 1.68 bits per heavy atom. The minimum absolute atomic E-state index is 0.262. The number of ether oxygens (including phenoxy) is 1. The summed E-state index contributed by atoms with van der Waals surface area (Å²) in [6.45, 7) is 3.30. The van der Waals surface area contributed by atoms with Crippen molar-refractivity contribution in [3.63, 3.8) is 0 Å². The first-order valence-electron chi connectivity index (χ1n) is 5.87. The van der Waals surface area contributed by atoms with Crippen molar-refractivity contribution in [3.05, 3.63) is 59.4 Å². The maximum Gasteiger partial charge on any atom is 0.417 e. The van der Waals surface area contributed by atoms with E-state index in [4.69, 9.17) is 4.74 Å². The predicted octanol–water partition coefficient (Wildman–Crippen LogP) is 4.05. The molecule has 0 unspecified atom stereocenters. The molecule has 4 heteroatoms. The Morgan fingerprint density at radius 3 is 2.26 bits per heavy atom. The summed E-state index contributed by atoms with van der Waals surface area (Å²) in [5.41, 5.74) is 1.47. The predicted molar refractivity (Wildman–Crippen MR) is 72.0 cm³/mol. The summed E-state index contributed by atoms with van der Waals surface area (Å²) in [4.78, 5) is 11.7. The lowest BCUT2D eigenvalue weighted by atomic mass is 10.1. The molecule has 0 saturated heterocycles. The Hall–Kier alpha value is -2.36. The highest BCUT2D eigenvalue weighted by molar-refractivity contribution is 5.86. The monoisotopic (exact) mass is 259 g/mol. The maximum absolute atomic E-state index is 13.5. The maximum atomic E-state index is 13.5. The van der Waals surface area contributed by atoms with Crippen LogP contribution in [0, 0.1) is 19.7 Å². The summed E-state index contributed by atoms with van der Waals surface area (Å²) in [6, 6.07) is 11.9. The van der Waals surface area contributed by atoms with Gasteiger partial charge in [-0.3, -0.25) is 5.32 Å². The molecule has 0 aliphatic carbocycles. The molecule has 1 amide bonds. The number of nitrogens with one attached hydrogen (secondary N) is 1. The Morgan fingerprint density at radius 1 is 1.11 bits per heavy atom. The quantitative estimate of drug-likeness (QED) is 0.883. The number of carbonyl (C=O) groups is 1. The van der Waals surface area contributed by atoms with Gasteiger partial charge < -0.3 is 4.74 Å². The Balaban J connectivity index is 2.07. The molecule has 0 atom stereocenters. The van der Waals surface area contributed by atoms with Gasteiger partial charge in [-0.2, -0.15) is 0 Å². The van der Waals surface area contributed by atoms with Gasteiger partial charge in [-0.15, -0.1) is 0 Å². The lowest BCUT2D eigenvalue weighted by molar-refractivity contribution is 0.215. The molecule has 0 aliphatic rings. The van der Waals surface area contributed by atoms with Gasteiger partial charge in [-0.05, 0) is 49.2 Å². The van der Waals surface area contributed by atoms with Gasteiger partial charge in [0, 0.05) is 5.69 Å². The Kier molecular flexibility index (Phi) is 3.80. The number of aryl methyl sites for hydroxylation is 2. The molecule has 0 heterocycles. The molecule has 0 radical (unpaired) electrons. The zero-order valence-electron chi connectivity index (χ0n) is 10.7. The molecule has 0 aliphatic heterocycles. The van der Waals surface area contributed by atoms with Crippen LogP contribution in [0.15, 0.2) is 42.5 Å². The number of carbonyl (C=O) groups excluding carboxylic acids is 1. The van der Waals surface area contributed by atoms with Gasteiger partial charge in [-0.1, -0.05) is 18.2 Å². The number of halogens is 1. The summed E-state index contributed by atoms with van der Waals surface area (Å²) in [7, 11) is 0. The third-order valence-electron chi connectivity index (χ3n) is 2.64. The van der Waals surface area contributed by atoms with Gasteiger partial charge in [0.2, 0.25) is 0 Å². The van der Waals surface area contributed by atoms with Crippen LogP contribution in [0.3, 0.4) is 0 Å². The van der Waals surface area contributed by atoms with Crippen LogP contribution in [0.2, 0.25) is 0 Å². The molecule has 2 aromatic rings. The fourth-order valence-electron chi connectivity index (χ4n) is 1.76. The highest BCUT2D eigenvalue weighted by Gasteiger charge is 2.08. The molecule has 2 aromatic carbocycles. The van der Waals surface area contributed by atoms with Crippen molar-refractivity contribution in [1.29, 1.82) is 0 Å². The first-order chi connectivity index (χ1) is 9.06. The second kappa shape index (κ2) is 5.52. The van der Waals surface area contributed by atoms with Crippen molar-refractivity contribution in [2.75, 3.05) is 5.32 Å². The SMILES string of the molecule is Cc1cc(NC(=O)Oc2ccccc2)cc(C)c1F. The van der Waals surface area contributed by atoms with Crippen LogP contribution in [0.4, 0.5) is 14.9 Å². The van der Waals surface area contributed by atoms with E-state index in [1.54, 1.807) is 50.2 Å². The number of hydrogen-bond acceptors (Lipinski definition) is 2. The van der Waals surface area contributed by atoms with Crippen LogP contribution >= 0.6 is 0 Å².